The average Bonchev–Trinajstić information content (AvgIpc) is 2.48. The summed E-state index contributed by atoms with van der Waals surface area (Å²) in [6.45, 7) is 7.20. The first-order valence-electron chi connectivity index (χ1n) is 7.30. The second-order valence-corrected chi connectivity index (χ2v) is 5.61. The maximum Gasteiger partial charge on any atom is 0.251 e. The van der Waals surface area contributed by atoms with E-state index in [-0.39, 0.29) is 18.4 Å². The van der Waals surface area contributed by atoms with Gasteiger partial charge in [0.05, 0.1) is 6.54 Å². The first-order valence-corrected chi connectivity index (χ1v) is 7.30. The van der Waals surface area contributed by atoms with Crippen molar-refractivity contribution in [3.63, 3.8) is 0 Å². The zero-order valence-corrected chi connectivity index (χ0v) is 13.0. The van der Waals surface area contributed by atoms with Crippen LogP contribution in [0.4, 0.5) is 0 Å². The Balaban J connectivity index is 1.89. The smallest absolute Gasteiger partial charge is 0.251 e. The van der Waals surface area contributed by atoms with Crippen LogP contribution in [0.1, 0.15) is 21.5 Å². The number of hydrogen-bond acceptors (Lipinski definition) is 3. The Morgan fingerprint density at radius 3 is 2.48 bits per heavy atom. The molecule has 0 aliphatic carbocycles. The second-order valence-electron chi connectivity index (χ2n) is 5.61. The largest absolute Gasteiger partial charge is 0.343 e. The van der Waals surface area contributed by atoms with Gasteiger partial charge < -0.3 is 15.1 Å². The van der Waals surface area contributed by atoms with E-state index < -0.39 is 0 Å². The summed E-state index contributed by atoms with van der Waals surface area (Å²) < 4.78 is 0. The van der Waals surface area contributed by atoms with E-state index in [9.17, 15) is 9.59 Å². The predicted molar refractivity (Wildman–Crippen MR) is 82.3 cm³/mol. The van der Waals surface area contributed by atoms with Crippen LogP contribution in [0.3, 0.4) is 0 Å². The van der Waals surface area contributed by atoms with Crippen molar-refractivity contribution in [1.29, 1.82) is 0 Å². The monoisotopic (exact) mass is 289 g/mol. The van der Waals surface area contributed by atoms with Gasteiger partial charge >= 0.3 is 0 Å². The molecule has 1 fully saturated rings. The molecule has 0 unspecified atom stereocenters. The summed E-state index contributed by atoms with van der Waals surface area (Å²) in [6.07, 6.45) is 0. The highest BCUT2D eigenvalue weighted by Gasteiger charge is 2.19. The van der Waals surface area contributed by atoms with Crippen LogP contribution in [0.2, 0.25) is 0 Å². The number of nitrogens with one attached hydrogen (secondary N) is 1. The van der Waals surface area contributed by atoms with E-state index in [0.29, 0.717) is 5.56 Å². The van der Waals surface area contributed by atoms with Crippen LogP contribution in [0, 0.1) is 13.8 Å². The molecule has 2 amide bonds. The summed E-state index contributed by atoms with van der Waals surface area (Å²) in [4.78, 5) is 28.3. The third kappa shape index (κ3) is 3.82. The third-order valence-corrected chi connectivity index (χ3v) is 4.11. The summed E-state index contributed by atoms with van der Waals surface area (Å²) in [6, 6.07) is 5.62. The van der Waals surface area contributed by atoms with Crippen LogP contribution in [0.25, 0.3) is 0 Å². The lowest BCUT2D eigenvalue weighted by atomic mass is 10.0. The van der Waals surface area contributed by atoms with Gasteiger partial charge in [-0.15, -0.1) is 0 Å². The Hall–Kier alpha value is -1.88. The number of aryl methyl sites for hydroxylation is 1. The molecule has 21 heavy (non-hydrogen) atoms. The number of benzene rings is 1. The molecular formula is C16H23N3O2. The van der Waals surface area contributed by atoms with Crippen molar-refractivity contribution in [2.24, 2.45) is 0 Å². The first kappa shape index (κ1) is 15.5. The summed E-state index contributed by atoms with van der Waals surface area (Å²) in [5.74, 6) is -0.194. The molecule has 0 saturated carbocycles. The molecule has 0 atom stereocenters. The lowest BCUT2D eigenvalue weighted by molar-refractivity contribution is -0.131. The maximum absolute atomic E-state index is 12.2. The van der Waals surface area contributed by atoms with Crippen molar-refractivity contribution in [3.8, 4) is 0 Å². The molecule has 0 radical (unpaired) electrons. The highest BCUT2D eigenvalue weighted by molar-refractivity contribution is 5.97. The van der Waals surface area contributed by atoms with Gasteiger partial charge in [-0.1, -0.05) is 12.1 Å². The highest BCUT2D eigenvalue weighted by atomic mass is 16.2. The van der Waals surface area contributed by atoms with Crippen molar-refractivity contribution in [2.75, 3.05) is 39.8 Å². The molecule has 5 nitrogen and oxygen atoms in total. The maximum atomic E-state index is 12.2. The Morgan fingerprint density at radius 1 is 1.14 bits per heavy atom. The second kappa shape index (κ2) is 6.72. The Kier molecular flexibility index (Phi) is 4.96. The average molecular weight is 289 g/mol. The van der Waals surface area contributed by atoms with Crippen LogP contribution in [-0.2, 0) is 4.79 Å². The van der Waals surface area contributed by atoms with Gasteiger partial charge in [0, 0.05) is 31.7 Å². The van der Waals surface area contributed by atoms with Crippen molar-refractivity contribution in [3.05, 3.63) is 34.9 Å². The number of nitrogens with zero attached hydrogens (tertiary/aromatic N) is 2. The van der Waals surface area contributed by atoms with Crippen molar-refractivity contribution in [1.82, 2.24) is 15.1 Å². The lowest BCUT2D eigenvalue weighted by Gasteiger charge is -2.32. The van der Waals surface area contributed by atoms with E-state index in [1.807, 2.05) is 37.9 Å². The normalized spacial score (nSPS) is 15.9. The highest BCUT2D eigenvalue weighted by Crippen LogP contribution is 2.12. The van der Waals surface area contributed by atoms with Gasteiger partial charge in [0.25, 0.3) is 5.91 Å². The number of piperazine rings is 1. The minimum absolute atomic E-state index is 0.0123. The molecule has 0 bridgehead atoms. The molecule has 1 N–H and O–H groups in total. The molecule has 0 spiro atoms. The zero-order chi connectivity index (χ0) is 15.4. The molecule has 1 aliphatic rings. The minimum atomic E-state index is -0.182. The fourth-order valence-electron chi connectivity index (χ4n) is 2.42. The van der Waals surface area contributed by atoms with Crippen LogP contribution in [0.5, 0.6) is 0 Å². The Morgan fingerprint density at radius 2 is 1.81 bits per heavy atom. The number of hydrogen-bond donors (Lipinski definition) is 1. The van der Waals surface area contributed by atoms with E-state index in [1.165, 1.54) is 0 Å². The van der Waals surface area contributed by atoms with E-state index >= 15 is 0 Å². The molecule has 1 saturated heterocycles. The summed E-state index contributed by atoms with van der Waals surface area (Å²) in [7, 11) is 2.05. The number of carbonyl (C=O) groups excluding carboxylic acids is 2. The fraction of sp³-hybridized carbons (Fsp3) is 0.500. The molecule has 5 heteroatoms. The first-order chi connectivity index (χ1) is 9.99. The number of carbonyl (C=O) groups is 2. The summed E-state index contributed by atoms with van der Waals surface area (Å²) in [5, 5.41) is 2.73. The zero-order valence-electron chi connectivity index (χ0n) is 13.0. The van der Waals surface area contributed by atoms with Gasteiger partial charge in [0.2, 0.25) is 5.91 Å². The van der Waals surface area contributed by atoms with Crippen LogP contribution >= 0.6 is 0 Å². The topological polar surface area (TPSA) is 52.7 Å². The predicted octanol–water partition coefficient (Wildman–Crippen LogP) is 0.807. The van der Waals surface area contributed by atoms with E-state index in [4.69, 9.17) is 0 Å². The Labute approximate surface area is 125 Å². The molecule has 1 aromatic carbocycles. The van der Waals surface area contributed by atoms with E-state index in [2.05, 4.69) is 10.2 Å². The standard InChI is InChI=1S/C16H23N3O2/c1-12-5-4-6-14(13(12)2)16(21)17-11-15(20)19-9-7-18(3)8-10-19/h4-6H,7-11H2,1-3H3,(H,17,21). The quantitative estimate of drug-likeness (QED) is 0.896. The molecular weight excluding hydrogens is 266 g/mol. The van der Waals surface area contributed by atoms with Crippen LogP contribution in [-0.4, -0.2) is 61.4 Å². The van der Waals surface area contributed by atoms with Crippen molar-refractivity contribution in [2.45, 2.75) is 13.8 Å². The van der Waals surface area contributed by atoms with Crippen LogP contribution < -0.4 is 5.32 Å². The summed E-state index contributed by atoms with van der Waals surface area (Å²) >= 11 is 0. The van der Waals surface area contributed by atoms with Gasteiger partial charge in [-0.2, -0.15) is 0 Å². The third-order valence-electron chi connectivity index (χ3n) is 4.11. The molecule has 114 valence electrons. The molecule has 2 rings (SSSR count). The van der Waals surface area contributed by atoms with Crippen LogP contribution in [0.15, 0.2) is 18.2 Å². The Bertz CT molecular complexity index is 534. The SMILES string of the molecule is Cc1cccc(C(=O)NCC(=O)N2CCN(C)CC2)c1C. The number of rotatable bonds is 3. The van der Waals surface area contributed by atoms with Gasteiger partial charge in [-0.25, -0.2) is 0 Å². The molecule has 0 aromatic heterocycles. The van der Waals surface area contributed by atoms with Gasteiger partial charge in [-0.3, -0.25) is 9.59 Å². The van der Waals surface area contributed by atoms with Crippen molar-refractivity contribution < 1.29 is 9.59 Å². The lowest BCUT2D eigenvalue weighted by Crippen LogP contribution is -2.50. The molecule has 1 aromatic rings. The molecule has 1 heterocycles. The minimum Gasteiger partial charge on any atom is -0.343 e. The van der Waals surface area contributed by atoms with Crippen molar-refractivity contribution >= 4 is 11.8 Å². The number of likely N-dealkylation sites (N-methyl/N-ethyl adjacent to an activating group) is 1. The molecule has 1 aliphatic heterocycles. The summed E-state index contributed by atoms with van der Waals surface area (Å²) in [5.41, 5.74) is 2.68. The van der Waals surface area contributed by atoms with E-state index in [1.54, 1.807) is 6.07 Å². The number of amides is 2. The van der Waals surface area contributed by atoms with Gasteiger partial charge in [0.1, 0.15) is 0 Å². The van der Waals surface area contributed by atoms with Gasteiger partial charge in [-0.05, 0) is 38.1 Å². The van der Waals surface area contributed by atoms with E-state index in [0.717, 1.165) is 37.3 Å². The fourth-order valence-corrected chi connectivity index (χ4v) is 2.42. The van der Waals surface area contributed by atoms with Gasteiger partial charge in [0.15, 0.2) is 0 Å².